The van der Waals surface area contributed by atoms with Crippen LogP contribution in [0.1, 0.15) is 60.3 Å². The normalized spacial score (nSPS) is 28.3. The van der Waals surface area contributed by atoms with Crippen LogP contribution in [0.5, 0.6) is 0 Å². The molecule has 2 atom stereocenters. The first kappa shape index (κ1) is 10.6. The Morgan fingerprint density at radius 2 is 2.12 bits per heavy atom. The van der Waals surface area contributed by atoms with Crippen molar-refractivity contribution in [1.29, 1.82) is 0 Å². The molecule has 0 bridgehead atoms. The largest absolute Gasteiger partial charge is 0.140 e. The van der Waals surface area contributed by atoms with E-state index in [0.717, 1.165) is 11.8 Å². The van der Waals surface area contributed by atoms with E-state index < -0.39 is 0 Å². The van der Waals surface area contributed by atoms with Crippen LogP contribution in [0.3, 0.4) is 0 Å². The molecule has 0 amide bonds. The summed E-state index contributed by atoms with van der Waals surface area (Å²) >= 11 is 2.03. The number of aryl methyl sites for hydroxylation is 1. The van der Waals surface area contributed by atoms with Crippen LogP contribution in [0.25, 0.3) is 5.57 Å². The molecular formula is C15H20S. The van der Waals surface area contributed by atoms with Gasteiger partial charge in [0.2, 0.25) is 0 Å². The molecule has 0 nitrogen and oxygen atoms in total. The van der Waals surface area contributed by atoms with Crippen molar-refractivity contribution in [2.24, 2.45) is 5.92 Å². The first-order valence-corrected chi connectivity index (χ1v) is 7.36. The summed E-state index contributed by atoms with van der Waals surface area (Å²) in [5.74, 6) is 1.90. The van der Waals surface area contributed by atoms with Gasteiger partial charge in [0, 0.05) is 9.75 Å². The summed E-state index contributed by atoms with van der Waals surface area (Å²) in [4.78, 5) is 3.14. The van der Waals surface area contributed by atoms with Gasteiger partial charge in [0.15, 0.2) is 0 Å². The molecule has 0 N–H and O–H groups in total. The molecule has 1 fully saturated rings. The van der Waals surface area contributed by atoms with Crippen LogP contribution in [0.2, 0.25) is 0 Å². The highest BCUT2D eigenvalue weighted by molar-refractivity contribution is 7.13. The molecule has 1 saturated carbocycles. The second-order valence-corrected chi connectivity index (χ2v) is 6.55. The molecule has 0 radical (unpaired) electrons. The van der Waals surface area contributed by atoms with E-state index in [1.54, 1.807) is 10.4 Å². The van der Waals surface area contributed by atoms with Crippen LogP contribution in [-0.4, -0.2) is 0 Å². The molecule has 0 aromatic carbocycles. The molecule has 2 aliphatic rings. The third-order valence-electron chi connectivity index (χ3n) is 4.29. The Hall–Kier alpha value is -0.560. The van der Waals surface area contributed by atoms with Gasteiger partial charge in [-0.3, -0.25) is 0 Å². The van der Waals surface area contributed by atoms with E-state index in [2.05, 4.69) is 19.6 Å². The van der Waals surface area contributed by atoms with Crippen LogP contribution >= 0.6 is 11.3 Å². The molecule has 3 rings (SSSR count). The first-order valence-electron chi connectivity index (χ1n) is 6.54. The van der Waals surface area contributed by atoms with Gasteiger partial charge in [0.25, 0.3) is 0 Å². The summed E-state index contributed by atoms with van der Waals surface area (Å²) in [5.41, 5.74) is 2.89. The smallest absolute Gasteiger partial charge is 0.0299 e. The zero-order chi connectivity index (χ0) is 11.1. The van der Waals surface area contributed by atoms with Gasteiger partial charge in [-0.1, -0.05) is 19.4 Å². The molecule has 0 spiro atoms. The second kappa shape index (κ2) is 4.03. The fourth-order valence-electron chi connectivity index (χ4n) is 3.40. The van der Waals surface area contributed by atoms with Crippen molar-refractivity contribution in [2.45, 2.75) is 51.4 Å². The van der Waals surface area contributed by atoms with Crippen molar-refractivity contribution >= 4 is 16.9 Å². The maximum absolute atomic E-state index is 4.08. The van der Waals surface area contributed by atoms with Crippen molar-refractivity contribution in [3.8, 4) is 0 Å². The summed E-state index contributed by atoms with van der Waals surface area (Å²) in [6.07, 6.45) is 8.58. The van der Waals surface area contributed by atoms with Gasteiger partial charge < -0.3 is 0 Å². The van der Waals surface area contributed by atoms with Gasteiger partial charge in [-0.25, -0.2) is 0 Å². The van der Waals surface area contributed by atoms with Crippen LogP contribution in [0.15, 0.2) is 12.6 Å². The average molecular weight is 232 g/mol. The SMILES string of the molecule is C=C(C)c1cc2c(s1)C1CCCCC1CC2. The summed E-state index contributed by atoms with van der Waals surface area (Å²) < 4.78 is 0. The van der Waals surface area contributed by atoms with E-state index in [0.29, 0.717) is 0 Å². The summed E-state index contributed by atoms with van der Waals surface area (Å²) in [5, 5.41) is 0. The summed E-state index contributed by atoms with van der Waals surface area (Å²) in [7, 11) is 0. The predicted octanol–water partition coefficient (Wildman–Crippen LogP) is 5.00. The Morgan fingerprint density at radius 1 is 1.31 bits per heavy atom. The fourth-order valence-corrected chi connectivity index (χ4v) is 4.77. The van der Waals surface area contributed by atoms with Crippen molar-refractivity contribution in [1.82, 2.24) is 0 Å². The molecule has 86 valence electrons. The van der Waals surface area contributed by atoms with E-state index in [9.17, 15) is 0 Å². The van der Waals surface area contributed by atoms with Gasteiger partial charge >= 0.3 is 0 Å². The van der Waals surface area contributed by atoms with Crippen molar-refractivity contribution < 1.29 is 0 Å². The highest BCUT2D eigenvalue weighted by atomic mass is 32.1. The van der Waals surface area contributed by atoms with Crippen LogP contribution < -0.4 is 0 Å². The average Bonchev–Trinajstić information content (AvgIpc) is 2.73. The van der Waals surface area contributed by atoms with Gasteiger partial charge in [-0.05, 0) is 61.6 Å². The van der Waals surface area contributed by atoms with Gasteiger partial charge in [-0.2, -0.15) is 0 Å². The van der Waals surface area contributed by atoms with Gasteiger partial charge in [0.1, 0.15) is 0 Å². The lowest BCUT2D eigenvalue weighted by Gasteiger charge is -2.35. The maximum Gasteiger partial charge on any atom is 0.0299 e. The Morgan fingerprint density at radius 3 is 2.94 bits per heavy atom. The molecule has 1 heterocycles. The third kappa shape index (κ3) is 1.66. The van der Waals surface area contributed by atoms with Crippen molar-refractivity contribution in [3.05, 3.63) is 28.0 Å². The molecule has 1 heteroatoms. The van der Waals surface area contributed by atoms with E-state index in [4.69, 9.17) is 0 Å². The molecule has 16 heavy (non-hydrogen) atoms. The monoisotopic (exact) mass is 232 g/mol. The number of thiophene rings is 1. The highest BCUT2D eigenvalue weighted by Gasteiger charge is 2.33. The zero-order valence-corrected chi connectivity index (χ0v) is 10.9. The third-order valence-corrected chi connectivity index (χ3v) is 5.76. The van der Waals surface area contributed by atoms with Crippen LogP contribution in [-0.2, 0) is 6.42 Å². The zero-order valence-electron chi connectivity index (χ0n) is 10.1. The minimum absolute atomic E-state index is 0.899. The van der Waals surface area contributed by atoms with Crippen molar-refractivity contribution in [2.75, 3.05) is 0 Å². The predicted molar refractivity (Wildman–Crippen MR) is 72.0 cm³/mol. The number of allylic oxidation sites excluding steroid dienone is 1. The Bertz CT molecular complexity index is 413. The van der Waals surface area contributed by atoms with E-state index in [1.807, 2.05) is 11.3 Å². The Balaban J connectivity index is 1.97. The molecule has 2 aliphatic carbocycles. The lowest BCUT2D eigenvalue weighted by atomic mass is 9.71. The topological polar surface area (TPSA) is 0 Å². The second-order valence-electron chi connectivity index (χ2n) is 5.47. The lowest BCUT2D eigenvalue weighted by molar-refractivity contribution is 0.280. The minimum atomic E-state index is 0.899. The van der Waals surface area contributed by atoms with E-state index >= 15 is 0 Å². The quantitative estimate of drug-likeness (QED) is 0.639. The summed E-state index contributed by atoms with van der Waals surface area (Å²) in [6.45, 7) is 6.22. The maximum atomic E-state index is 4.08. The minimum Gasteiger partial charge on any atom is -0.140 e. The van der Waals surface area contributed by atoms with Crippen LogP contribution in [0.4, 0.5) is 0 Å². The standard InChI is InChI=1S/C15H20S/c1-10(2)14-9-12-8-7-11-5-3-4-6-13(11)15(12)16-14/h9,11,13H,1,3-8H2,2H3. The van der Waals surface area contributed by atoms with Gasteiger partial charge in [0.05, 0.1) is 0 Å². The van der Waals surface area contributed by atoms with E-state index in [1.165, 1.54) is 49.0 Å². The number of hydrogen-bond acceptors (Lipinski definition) is 1. The number of hydrogen-bond donors (Lipinski definition) is 0. The van der Waals surface area contributed by atoms with Crippen molar-refractivity contribution in [3.63, 3.8) is 0 Å². The highest BCUT2D eigenvalue weighted by Crippen LogP contribution is 2.48. The molecule has 2 unspecified atom stereocenters. The molecule has 0 aliphatic heterocycles. The van der Waals surface area contributed by atoms with Crippen LogP contribution in [0, 0.1) is 5.92 Å². The fraction of sp³-hybridized carbons (Fsp3) is 0.600. The number of fused-ring (bicyclic) bond motifs is 3. The molecule has 0 saturated heterocycles. The van der Waals surface area contributed by atoms with Gasteiger partial charge in [-0.15, -0.1) is 11.3 Å². The molecule has 1 aromatic rings. The lowest BCUT2D eigenvalue weighted by Crippen LogP contribution is -2.22. The Kier molecular flexibility index (Phi) is 2.67. The summed E-state index contributed by atoms with van der Waals surface area (Å²) in [6, 6.07) is 2.41. The Labute approximate surface area is 102 Å². The number of rotatable bonds is 1. The van der Waals surface area contributed by atoms with E-state index in [-0.39, 0.29) is 0 Å². The molecular weight excluding hydrogens is 212 g/mol. The molecule has 1 aromatic heterocycles. The first-order chi connectivity index (χ1) is 7.75.